The van der Waals surface area contributed by atoms with E-state index in [0.717, 1.165) is 24.3 Å². The first-order chi connectivity index (χ1) is 23.2. The van der Waals surface area contributed by atoms with Crippen LogP contribution in [0.5, 0.6) is 0 Å². The van der Waals surface area contributed by atoms with E-state index < -0.39 is 48.7 Å². The lowest BCUT2D eigenvalue weighted by Crippen LogP contribution is -2.36. The number of nitrogens with zero attached hydrogens (tertiary/aromatic N) is 7. The van der Waals surface area contributed by atoms with Gasteiger partial charge < -0.3 is 50.7 Å². The molecule has 2 aliphatic carbocycles. The van der Waals surface area contributed by atoms with E-state index in [9.17, 15) is 30.6 Å². The fourth-order valence-electron chi connectivity index (χ4n) is 5.64. The summed E-state index contributed by atoms with van der Waals surface area (Å²) in [6, 6.07) is -1.41. The lowest BCUT2D eigenvalue weighted by atomic mass is 10.2. The fourth-order valence-corrected chi connectivity index (χ4v) is 7.30. The van der Waals surface area contributed by atoms with Crippen molar-refractivity contribution >= 4 is 63.6 Å². The zero-order valence-corrected chi connectivity index (χ0v) is 28.9. The van der Waals surface area contributed by atoms with Gasteiger partial charge in [0.1, 0.15) is 30.1 Å². The number of hydrogen-bond acceptors (Lipinski definition) is 18. The Labute approximate surface area is 290 Å². The maximum atomic E-state index is 10.9. The van der Waals surface area contributed by atoms with E-state index in [1.54, 1.807) is 0 Å². The monoisotopic (exact) mass is 731 g/mol. The smallest absolute Gasteiger partial charge is 0.191 e. The van der Waals surface area contributed by atoms with Crippen LogP contribution >= 0.6 is 35.1 Å². The molecule has 20 heteroatoms. The molecule has 0 spiro atoms. The van der Waals surface area contributed by atoms with Crippen LogP contribution in [0, 0.1) is 0 Å². The highest BCUT2D eigenvalue weighted by Crippen LogP contribution is 2.39. The van der Waals surface area contributed by atoms with E-state index in [1.807, 2.05) is 13.8 Å². The molecule has 0 unspecified atom stereocenters. The second-order valence-electron chi connectivity index (χ2n) is 11.4. The van der Waals surface area contributed by atoms with Crippen molar-refractivity contribution in [2.75, 3.05) is 48.6 Å². The maximum absolute atomic E-state index is 10.9. The van der Waals surface area contributed by atoms with Crippen LogP contribution in [-0.2, 0) is 9.47 Å². The Bertz CT molecular complexity index is 1510. The standard InChI is InChI=1S/C28H42ClN9O8S2/c1-3-9-47-27-32-23(29)17(24(33-27)30-13-11-15(45-7-5-39)21(43)19(13)41)31-25-18-26(35-28(34-25)48-10-4-2)38(37-36-18)14-12-16(46-8-6-40)22(44)20(14)42/h13-16,19-22,39-44H,3-12H2,1-2H3,(H,30,32,33)(H,31,34,35)/t13-,14-,15+,16+,19+,20+,21-,22-/m1/s1. The van der Waals surface area contributed by atoms with Gasteiger partial charge in [-0.1, -0.05) is 54.2 Å². The minimum absolute atomic E-state index is 0.00937. The number of rotatable bonds is 17. The van der Waals surface area contributed by atoms with Gasteiger partial charge in [0.05, 0.1) is 50.7 Å². The van der Waals surface area contributed by atoms with Gasteiger partial charge in [0.15, 0.2) is 38.3 Å². The predicted octanol–water partition coefficient (Wildman–Crippen LogP) is 0.740. The average molecular weight is 732 g/mol. The van der Waals surface area contributed by atoms with Gasteiger partial charge in [-0.25, -0.2) is 24.6 Å². The van der Waals surface area contributed by atoms with Crippen LogP contribution in [0.25, 0.3) is 11.2 Å². The van der Waals surface area contributed by atoms with E-state index in [2.05, 4.69) is 30.9 Å². The number of thioether (sulfide) groups is 2. The first-order valence-electron chi connectivity index (χ1n) is 15.9. The van der Waals surface area contributed by atoms with Gasteiger partial charge in [0, 0.05) is 17.9 Å². The van der Waals surface area contributed by atoms with Crippen LogP contribution in [0.2, 0.25) is 5.15 Å². The third kappa shape index (κ3) is 8.23. The van der Waals surface area contributed by atoms with Crippen LogP contribution in [0.15, 0.2) is 10.3 Å². The fraction of sp³-hybridized carbons (Fsp3) is 0.714. The maximum Gasteiger partial charge on any atom is 0.191 e. The molecular formula is C28H42ClN9O8S2. The molecule has 266 valence electrons. The SMILES string of the molecule is CCCSc1nc(Cl)c(Nc2nc(SCCC)nc3c2nnn3[C@@H]2C[C@H](OCCO)[C@@H](O)[C@H]2O)c(N[C@@H]2C[C@H](OCCO)[C@@H](O)[C@H]2O)n1. The molecule has 5 rings (SSSR count). The molecule has 2 aliphatic rings. The van der Waals surface area contributed by atoms with Crippen molar-refractivity contribution in [2.24, 2.45) is 0 Å². The summed E-state index contributed by atoms with van der Waals surface area (Å²) in [6.45, 7) is 3.63. The molecule has 3 heterocycles. The van der Waals surface area contributed by atoms with Crippen LogP contribution in [0.3, 0.4) is 0 Å². The summed E-state index contributed by atoms with van der Waals surface area (Å²) >= 11 is 9.59. The molecule has 0 aliphatic heterocycles. The van der Waals surface area contributed by atoms with Crippen molar-refractivity contribution in [3.8, 4) is 0 Å². The van der Waals surface area contributed by atoms with Crippen LogP contribution in [0.1, 0.15) is 45.6 Å². The average Bonchev–Trinajstić information content (AvgIpc) is 3.71. The van der Waals surface area contributed by atoms with Gasteiger partial charge in [-0.2, -0.15) is 0 Å². The molecule has 8 N–H and O–H groups in total. The molecule has 0 amide bonds. The van der Waals surface area contributed by atoms with E-state index in [1.165, 1.54) is 28.2 Å². The Kier molecular flexibility index (Phi) is 13.3. The highest BCUT2D eigenvalue weighted by atomic mass is 35.5. The highest BCUT2D eigenvalue weighted by Gasteiger charge is 2.45. The number of hydrogen-bond donors (Lipinski definition) is 8. The Balaban J connectivity index is 1.52. The Morgan fingerprint density at radius 2 is 1.42 bits per heavy atom. The first kappa shape index (κ1) is 37.1. The minimum atomic E-state index is -1.23. The first-order valence-corrected chi connectivity index (χ1v) is 18.2. The summed E-state index contributed by atoms with van der Waals surface area (Å²) in [5.74, 6) is 1.93. The number of aromatic nitrogens is 7. The second-order valence-corrected chi connectivity index (χ2v) is 13.9. The van der Waals surface area contributed by atoms with Gasteiger partial charge in [-0.3, -0.25) is 0 Å². The molecule has 3 aromatic rings. The summed E-state index contributed by atoms with van der Waals surface area (Å²) in [5.41, 5.74) is 0.774. The van der Waals surface area contributed by atoms with E-state index in [-0.39, 0.29) is 67.3 Å². The number of nitrogens with one attached hydrogen (secondary N) is 2. The Hall–Kier alpha value is -2.17. The summed E-state index contributed by atoms with van der Waals surface area (Å²) in [5, 5.41) is 77.3. The molecule has 0 aromatic carbocycles. The number of anilines is 3. The Morgan fingerprint density at radius 1 is 0.812 bits per heavy atom. The van der Waals surface area contributed by atoms with Crippen molar-refractivity contribution in [2.45, 2.75) is 98.6 Å². The summed E-state index contributed by atoms with van der Waals surface area (Å²) in [7, 11) is 0. The predicted molar refractivity (Wildman–Crippen MR) is 179 cm³/mol. The van der Waals surface area contributed by atoms with Gasteiger partial charge in [0.25, 0.3) is 0 Å². The molecule has 0 radical (unpaired) electrons. The normalized spacial score (nSPS) is 27.3. The number of halogens is 1. The molecule has 2 saturated carbocycles. The van der Waals surface area contributed by atoms with E-state index in [0.29, 0.717) is 16.0 Å². The highest BCUT2D eigenvalue weighted by molar-refractivity contribution is 7.99. The van der Waals surface area contributed by atoms with E-state index in [4.69, 9.17) is 31.0 Å². The molecular weight excluding hydrogens is 690 g/mol. The minimum Gasteiger partial charge on any atom is -0.394 e. The van der Waals surface area contributed by atoms with Crippen molar-refractivity contribution in [3.63, 3.8) is 0 Å². The second kappa shape index (κ2) is 17.2. The number of ether oxygens (including phenoxy) is 2. The topological polar surface area (TPSA) is 246 Å². The summed E-state index contributed by atoms with van der Waals surface area (Å²) in [6.07, 6.45) is -4.11. The largest absolute Gasteiger partial charge is 0.394 e. The molecule has 2 fully saturated rings. The Morgan fingerprint density at radius 3 is 2.06 bits per heavy atom. The van der Waals surface area contributed by atoms with Crippen LogP contribution < -0.4 is 10.6 Å². The van der Waals surface area contributed by atoms with Crippen molar-refractivity contribution in [1.82, 2.24) is 34.9 Å². The quantitative estimate of drug-likeness (QED) is 0.0542. The van der Waals surface area contributed by atoms with Gasteiger partial charge in [0.2, 0.25) is 0 Å². The lowest BCUT2D eigenvalue weighted by molar-refractivity contribution is -0.0629. The zero-order chi connectivity index (χ0) is 34.4. The van der Waals surface area contributed by atoms with Crippen molar-refractivity contribution in [1.29, 1.82) is 0 Å². The number of aliphatic hydroxyl groups is 6. The van der Waals surface area contributed by atoms with Crippen LogP contribution in [-0.4, -0.2) is 146 Å². The lowest BCUT2D eigenvalue weighted by Gasteiger charge is -2.21. The molecule has 48 heavy (non-hydrogen) atoms. The number of fused-ring (bicyclic) bond motifs is 1. The number of aliphatic hydroxyl groups excluding tert-OH is 6. The molecule has 0 saturated heterocycles. The van der Waals surface area contributed by atoms with Crippen LogP contribution in [0.4, 0.5) is 17.3 Å². The summed E-state index contributed by atoms with van der Waals surface area (Å²) in [4.78, 5) is 18.6. The molecule has 8 atom stereocenters. The third-order valence-electron chi connectivity index (χ3n) is 7.97. The third-order valence-corrected chi connectivity index (χ3v) is 10.4. The van der Waals surface area contributed by atoms with Crippen molar-refractivity contribution in [3.05, 3.63) is 5.15 Å². The van der Waals surface area contributed by atoms with Gasteiger partial charge in [-0.15, -0.1) is 5.10 Å². The van der Waals surface area contributed by atoms with Crippen molar-refractivity contribution < 1.29 is 40.1 Å². The van der Waals surface area contributed by atoms with E-state index >= 15 is 0 Å². The molecule has 3 aromatic heterocycles. The van der Waals surface area contributed by atoms with Gasteiger partial charge in [-0.05, 0) is 19.3 Å². The van der Waals surface area contributed by atoms with Gasteiger partial charge >= 0.3 is 0 Å². The molecule has 17 nitrogen and oxygen atoms in total. The zero-order valence-electron chi connectivity index (χ0n) is 26.5. The summed E-state index contributed by atoms with van der Waals surface area (Å²) < 4.78 is 12.5. The molecule has 0 bridgehead atoms.